The Kier molecular flexibility index (Phi) is 3.44. The quantitative estimate of drug-likeness (QED) is 0.847. The molecule has 0 bridgehead atoms. The van der Waals surface area contributed by atoms with Crippen LogP contribution in [0.3, 0.4) is 0 Å². The third-order valence-electron chi connectivity index (χ3n) is 4.58. The van der Waals surface area contributed by atoms with E-state index < -0.39 is 0 Å². The molecule has 4 nitrogen and oxygen atoms in total. The SMILES string of the molecule is Cc1cnc(N2CC(CC3CN(C(C)(C)C)C3)C2)nc1. The van der Waals surface area contributed by atoms with Crippen LogP contribution in [0.15, 0.2) is 12.4 Å². The highest BCUT2D eigenvalue weighted by atomic mass is 15.3. The molecule has 2 fully saturated rings. The van der Waals surface area contributed by atoms with E-state index in [0.717, 1.165) is 36.4 Å². The molecule has 110 valence electrons. The van der Waals surface area contributed by atoms with Crippen LogP contribution in [0.5, 0.6) is 0 Å². The summed E-state index contributed by atoms with van der Waals surface area (Å²) in [4.78, 5) is 13.7. The van der Waals surface area contributed by atoms with Gasteiger partial charge in [0.15, 0.2) is 0 Å². The van der Waals surface area contributed by atoms with Crippen molar-refractivity contribution < 1.29 is 0 Å². The Hall–Kier alpha value is -1.16. The van der Waals surface area contributed by atoms with Gasteiger partial charge in [0, 0.05) is 44.1 Å². The van der Waals surface area contributed by atoms with Gasteiger partial charge in [-0.05, 0) is 51.5 Å². The number of nitrogens with zero attached hydrogens (tertiary/aromatic N) is 4. The molecule has 0 atom stereocenters. The lowest BCUT2D eigenvalue weighted by Gasteiger charge is -2.50. The van der Waals surface area contributed by atoms with Crippen molar-refractivity contribution >= 4 is 5.95 Å². The fourth-order valence-corrected chi connectivity index (χ4v) is 3.17. The molecule has 1 aromatic heterocycles. The molecule has 0 radical (unpaired) electrons. The molecule has 0 aromatic carbocycles. The van der Waals surface area contributed by atoms with Crippen molar-refractivity contribution in [1.29, 1.82) is 0 Å². The van der Waals surface area contributed by atoms with E-state index in [0.29, 0.717) is 5.54 Å². The highest BCUT2D eigenvalue weighted by Gasteiger charge is 2.38. The van der Waals surface area contributed by atoms with E-state index in [2.05, 4.69) is 40.5 Å². The number of rotatable bonds is 3. The van der Waals surface area contributed by atoms with Crippen LogP contribution in [-0.4, -0.2) is 46.6 Å². The van der Waals surface area contributed by atoms with Gasteiger partial charge < -0.3 is 4.90 Å². The first kappa shape index (κ1) is 13.8. The van der Waals surface area contributed by atoms with E-state index in [1.165, 1.54) is 19.5 Å². The van der Waals surface area contributed by atoms with Gasteiger partial charge in [0.2, 0.25) is 5.95 Å². The number of hydrogen-bond donors (Lipinski definition) is 0. The zero-order valence-corrected chi connectivity index (χ0v) is 13.1. The second kappa shape index (κ2) is 4.99. The molecular weight excluding hydrogens is 248 g/mol. The summed E-state index contributed by atoms with van der Waals surface area (Å²) in [5, 5.41) is 0. The largest absolute Gasteiger partial charge is 0.340 e. The van der Waals surface area contributed by atoms with Crippen LogP contribution in [0.25, 0.3) is 0 Å². The Bertz CT molecular complexity index is 450. The molecular formula is C16H26N4. The standard InChI is InChI=1S/C16H26N4/c1-12-6-17-15(18-7-12)19-8-13(9-19)5-14-10-20(11-14)16(2,3)4/h6-7,13-14H,5,8-11H2,1-4H3. The minimum atomic E-state index is 0.345. The lowest BCUT2D eigenvalue weighted by molar-refractivity contribution is 0.00168. The highest BCUT2D eigenvalue weighted by molar-refractivity contribution is 5.33. The lowest BCUT2D eigenvalue weighted by Crippen LogP contribution is -2.58. The number of likely N-dealkylation sites (tertiary alicyclic amines) is 1. The Labute approximate surface area is 122 Å². The van der Waals surface area contributed by atoms with Crippen LogP contribution in [0, 0.1) is 18.8 Å². The van der Waals surface area contributed by atoms with Gasteiger partial charge in [-0.2, -0.15) is 0 Å². The van der Waals surface area contributed by atoms with Crippen LogP contribution in [0.1, 0.15) is 32.8 Å². The Morgan fingerprint density at radius 1 is 1.05 bits per heavy atom. The van der Waals surface area contributed by atoms with Gasteiger partial charge in [-0.25, -0.2) is 9.97 Å². The average Bonchev–Trinajstić information content (AvgIpc) is 2.25. The smallest absolute Gasteiger partial charge is 0.225 e. The first-order chi connectivity index (χ1) is 9.41. The maximum atomic E-state index is 4.40. The third-order valence-corrected chi connectivity index (χ3v) is 4.58. The molecule has 2 aliphatic heterocycles. The van der Waals surface area contributed by atoms with E-state index in [4.69, 9.17) is 0 Å². The second-order valence-electron chi connectivity index (χ2n) is 7.51. The molecule has 0 saturated carbocycles. The monoisotopic (exact) mass is 274 g/mol. The van der Waals surface area contributed by atoms with Gasteiger partial charge in [0.25, 0.3) is 0 Å². The number of aromatic nitrogens is 2. The molecule has 1 aromatic rings. The van der Waals surface area contributed by atoms with Crippen LogP contribution >= 0.6 is 0 Å². The molecule has 2 aliphatic rings. The van der Waals surface area contributed by atoms with E-state index in [1.54, 1.807) is 0 Å². The molecule has 0 unspecified atom stereocenters. The number of hydrogen-bond acceptors (Lipinski definition) is 4. The summed E-state index contributed by atoms with van der Waals surface area (Å²) >= 11 is 0. The molecule has 3 heterocycles. The average molecular weight is 274 g/mol. The highest BCUT2D eigenvalue weighted by Crippen LogP contribution is 2.33. The van der Waals surface area contributed by atoms with Crippen molar-refractivity contribution in [2.45, 2.75) is 39.7 Å². The summed E-state index contributed by atoms with van der Waals surface area (Å²) < 4.78 is 0. The van der Waals surface area contributed by atoms with Gasteiger partial charge in [0.05, 0.1) is 0 Å². The van der Waals surface area contributed by atoms with Gasteiger partial charge in [-0.15, -0.1) is 0 Å². The fourth-order valence-electron chi connectivity index (χ4n) is 3.17. The minimum Gasteiger partial charge on any atom is -0.340 e. The van der Waals surface area contributed by atoms with Gasteiger partial charge in [-0.1, -0.05) is 0 Å². The van der Waals surface area contributed by atoms with Crippen molar-refractivity contribution in [2.75, 3.05) is 31.1 Å². The van der Waals surface area contributed by atoms with Crippen LogP contribution in [0.4, 0.5) is 5.95 Å². The van der Waals surface area contributed by atoms with Crippen molar-refractivity contribution in [3.63, 3.8) is 0 Å². The molecule has 0 amide bonds. The minimum absolute atomic E-state index is 0.345. The van der Waals surface area contributed by atoms with E-state index in [9.17, 15) is 0 Å². The molecule has 20 heavy (non-hydrogen) atoms. The Balaban J connectivity index is 1.40. The summed E-state index contributed by atoms with van der Waals surface area (Å²) in [6.45, 7) is 13.8. The lowest BCUT2D eigenvalue weighted by atomic mass is 9.82. The number of aryl methyl sites for hydroxylation is 1. The predicted octanol–water partition coefficient (Wildman–Crippen LogP) is 2.34. The summed E-state index contributed by atoms with van der Waals surface area (Å²) in [5.41, 5.74) is 1.47. The summed E-state index contributed by atoms with van der Waals surface area (Å²) in [5.74, 6) is 2.64. The molecule has 0 spiro atoms. The van der Waals surface area contributed by atoms with Crippen molar-refractivity contribution in [3.05, 3.63) is 18.0 Å². The molecule has 0 N–H and O–H groups in total. The molecule has 2 saturated heterocycles. The van der Waals surface area contributed by atoms with Gasteiger partial charge in [-0.3, -0.25) is 4.90 Å². The van der Waals surface area contributed by atoms with E-state index >= 15 is 0 Å². The zero-order valence-electron chi connectivity index (χ0n) is 13.1. The van der Waals surface area contributed by atoms with Crippen molar-refractivity contribution in [3.8, 4) is 0 Å². The van der Waals surface area contributed by atoms with E-state index in [1.807, 2.05) is 19.3 Å². The number of anilines is 1. The van der Waals surface area contributed by atoms with Crippen LogP contribution < -0.4 is 4.90 Å². The van der Waals surface area contributed by atoms with E-state index in [-0.39, 0.29) is 0 Å². The first-order valence-electron chi connectivity index (χ1n) is 7.70. The van der Waals surface area contributed by atoms with Gasteiger partial charge in [0.1, 0.15) is 0 Å². The fraction of sp³-hybridized carbons (Fsp3) is 0.750. The second-order valence-corrected chi connectivity index (χ2v) is 7.51. The summed E-state index contributed by atoms with van der Waals surface area (Å²) in [6.07, 6.45) is 5.18. The first-order valence-corrected chi connectivity index (χ1v) is 7.70. The summed E-state index contributed by atoms with van der Waals surface area (Å²) in [7, 11) is 0. The van der Waals surface area contributed by atoms with Crippen LogP contribution in [-0.2, 0) is 0 Å². The maximum absolute atomic E-state index is 4.40. The molecule has 0 aliphatic carbocycles. The van der Waals surface area contributed by atoms with Crippen molar-refractivity contribution in [2.24, 2.45) is 11.8 Å². The van der Waals surface area contributed by atoms with Crippen molar-refractivity contribution in [1.82, 2.24) is 14.9 Å². The molecule has 3 rings (SSSR count). The topological polar surface area (TPSA) is 32.3 Å². The molecule has 4 heteroatoms. The maximum Gasteiger partial charge on any atom is 0.225 e. The Morgan fingerprint density at radius 3 is 2.15 bits per heavy atom. The Morgan fingerprint density at radius 2 is 1.60 bits per heavy atom. The zero-order chi connectivity index (χ0) is 14.3. The van der Waals surface area contributed by atoms with Gasteiger partial charge >= 0.3 is 0 Å². The normalized spacial score (nSPS) is 21.7. The predicted molar refractivity (Wildman–Crippen MR) is 81.9 cm³/mol. The van der Waals surface area contributed by atoms with Crippen LogP contribution in [0.2, 0.25) is 0 Å². The summed E-state index contributed by atoms with van der Waals surface area (Å²) in [6, 6.07) is 0. The third kappa shape index (κ3) is 2.80.